The number of phenolic OH excluding ortho intramolecular Hbond substituents is 8. The van der Waals surface area contributed by atoms with Crippen LogP contribution in [0.15, 0.2) is 115 Å². The lowest BCUT2D eigenvalue weighted by molar-refractivity contribution is -0.166. The molecule has 22 nitrogen and oxygen atoms in total. The Balaban J connectivity index is 1.12. The van der Waals surface area contributed by atoms with Crippen LogP contribution in [0.25, 0.3) is 6.08 Å². The molecule has 0 spiro atoms. The minimum atomic E-state index is -2.16. The molecule has 2 aliphatic heterocycles. The van der Waals surface area contributed by atoms with E-state index in [1.807, 2.05) is 0 Å². The Hall–Kier alpha value is -10.1. The van der Waals surface area contributed by atoms with Gasteiger partial charge in [0.15, 0.2) is 57.5 Å². The van der Waals surface area contributed by atoms with Gasteiger partial charge < -0.3 is 79.9 Å². The van der Waals surface area contributed by atoms with E-state index < -0.39 is 143 Å². The summed E-state index contributed by atoms with van der Waals surface area (Å²) in [6.07, 6.45) is -8.57. The predicted octanol–water partition coefficient (Wildman–Crippen LogP) is 5.50. The van der Waals surface area contributed by atoms with Crippen molar-refractivity contribution in [1.82, 2.24) is 0 Å². The van der Waals surface area contributed by atoms with Crippen LogP contribution >= 0.6 is 0 Å². The van der Waals surface area contributed by atoms with Crippen molar-refractivity contribution in [3.63, 3.8) is 0 Å². The second kappa shape index (κ2) is 21.5. The van der Waals surface area contributed by atoms with Gasteiger partial charge in [-0.2, -0.15) is 0 Å². The fourth-order valence-electron chi connectivity index (χ4n) is 8.84. The molecule has 392 valence electrons. The Morgan fingerprint density at radius 1 is 0.461 bits per heavy atom. The molecule has 0 fully saturated rings. The number of hydrogen-bond acceptors (Lipinski definition) is 19. The molecule has 0 saturated carbocycles. The number of aromatic hydroxyl groups is 8. The lowest BCUT2D eigenvalue weighted by atomic mass is 9.86. The quantitative estimate of drug-likeness (QED) is 0.0219. The largest absolute Gasteiger partial charge is 0.504 e. The standard InChI is InChI=1S/C54H44O22/c55-30-12-6-24(18-35(30)60)20-38(50(64)65)72-41(63)17-11-26-8-15-33(58)48-42(26)44(47(76-48)29-10-14-32(57)37(62)22-29)53(70)74-40(52(68)69)23-28-9-16-34(59)49-43(28)45(46(75-49)27-4-2-1-3-5-27)54(71)73-39(51(66)67)21-25-7-13-31(56)36(61)19-25/h1-19,22,38-40,44-47,55-62H,20-21,23H2,(H,64,65)(H,66,67)(H,68,69)/b17-11+/t38-,39-,40-,44+,45+,46-,47-/m1/s1. The van der Waals surface area contributed by atoms with Crippen molar-refractivity contribution in [3.8, 4) is 57.5 Å². The molecule has 0 unspecified atom stereocenters. The molecule has 0 aromatic heterocycles. The number of carbonyl (C=O) groups excluding carboxylic acids is 3. The van der Waals surface area contributed by atoms with E-state index in [9.17, 15) is 84.9 Å². The summed E-state index contributed by atoms with van der Waals surface area (Å²) in [5.41, 5.74) is 0.185. The van der Waals surface area contributed by atoms with Crippen LogP contribution in [0.2, 0.25) is 0 Å². The van der Waals surface area contributed by atoms with Gasteiger partial charge in [-0.15, -0.1) is 0 Å². The number of ether oxygens (including phenoxy) is 5. The summed E-state index contributed by atoms with van der Waals surface area (Å²) in [4.78, 5) is 80.2. The normalized spacial score (nSPS) is 17.5. The molecule has 0 radical (unpaired) electrons. The zero-order valence-corrected chi connectivity index (χ0v) is 39.1. The van der Waals surface area contributed by atoms with Crippen molar-refractivity contribution in [2.45, 2.75) is 61.6 Å². The van der Waals surface area contributed by atoms with Crippen molar-refractivity contribution in [1.29, 1.82) is 0 Å². The van der Waals surface area contributed by atoms with E-state index in [0.29, 0.717) is 5.56 Å². The third-order valence-corrected chi connectivity index (χ3v) is 12.5. The summed E-state index contributed by atoms with van der Waals surface area (Å²) in [6.45, 7) is 0. The van der Waals surface area contributed by atoms with Gasteiger partial charge in [0.05, 0.1) is 0 Å². The molecule has 7 atom stereocenters. The first-order chi connectivity index (χ1) is 36.2. The molecule has 2 aliphatic rings. The highest BCUT2D eigenvalue weighted by Gasteiger charge is 2.48. The van der Waals surface area contributed by atoms with Gasteiger partial charge in [-0.05, 0) is 88.0 Å². The lowest BCUT2D eigenvalue weighted by Crippen LogP contribution is -2.34. The van der Waals surface area contributed by atoms with Gasteiger partial charge in [-0.1, -0.05) is 60.7 Å². The van der Waals surface area contributed by atoms with E-state index in [1.54, 1.807) is 30.3 Å². The van der Waals surface area contributed by atoms with Crippen molar-refractivity contribution in [3.05, 3.63) is 160 Å². The average Bonchev–Trinajstić information content (AvgIpc) is 4.01. The molecule has 6 aromatic carbocycles. The number of aliphatic carboxylic acids is 3. The van der Waals surface area contributed by atoms with E-state index in [1.165, 1.54) is 30.3 Å². The number of hydrogen-bond donors (Lipinski definition) is 11. The predicted molar refractivity (Wildman–Crippen MR) is 257 cm³/mol. The van der Waals surface area contributed by atoms with Gasteiger partial charge in [0, 0.05) is 36.5 Å². The molecule has 0 bridgehead atoms. The molecule has 6 aromatic rings. The summed E-state index contributed by atoms with van der Waals surface area (Å²) in [7, 11) is 0. The molecule has 8 rings (SSSR count). The summed E-state index contributed by atoms with van der Waals surface area (Å²) in [5, 5.41) is 113. The minimum absolute atomic E-state index is 0.0117. The number of phenols is 8. The number of fused-ring (bicyclic) bond motifs is 2. The van der Waals surface area contributed by atoms with Crippen molar-refractivity contribution < 1.29 is 109 Å². The third kappa shape index (κ3) is 10.9. The molecule has 11 N–H and O–H groups in total. The van der Waals surface area contributed by atoms with Crippen LogP contribution in [0.5, 0.6) is 57.5 Å². The molecule has 2 heterocycles. The Labute approximate surface area is 428 Å². The highest BCUT2D eigenvalue weighted by Crippen LogP contribution is 2.55. The number of carboxylic acid groups (broad SMARTS) is 3. The topological polar surface area (TPSA) is 371 Å². The Morgan fingerprint density at radius 3 is 1.43 bits per heavy atom. The molecule has 76 heavy (non-hydrogen) atoms. The van der Waals surface area contributed by atoms with Crippen LogP contribution < -0.4 is 9.47 Å². The summed E-state index contributed by atoms with van der Waals surface area (Å²) >= 11 is 0. The van der Waals surface area contributed by atoms with Crippen LogP contribution in [-0.4, -0.2) is 110 Å². The zero-order chi connectivity index (χ0) is 54.7. The first kappa shape index (κ1) is 52.2. The maximum Gasteiger partial charge on any atom is 0.345 e. The Kier molecular flexibility index (Phi) is 14.8. The number of esters is 3. The highest BCUT2D eigenvalue weighted by atomic mass is 16.6. The summed E-state index contributed by atoms with van der Waals surface area (Å²) in [5.74, 6) is -17.2. The average molecular weight is 1040 g/mol. The molecular weight excluding hydrogens is 1000 g/mol. The van der Waals surface area contributed by atoms with Gasteiger partial charge in [-0.3, -0.25) is 9.59 Å². The summed E-state index contributed by atoms with van der Waals surface area (Å²) in [6, 6.07) is 23.0. The summed E-state index contributed by atoms with van der Waals surface area (Å²) < 4.78 is 28.8. The van der Waals surface area contributed by atoms with Crippen molar-refractivity contribution >= 4 is 41.9 Å². The minimum Gasteiger partial charge on any atom is -0.504 e. The smallest absolute Gasteiger partial charge is 0.345 e. The first-order valence-corrected chi connectivity index (χ1v) is 22.8. The van der Waals surface area contributed by atoms with Crippen LogP contribution in [-0.2, 0) is 62.2 Å². The Bertz CT molecular complexity index is 3310. The number of benzene rings is 6. The number of carbonyl (C=O) groups is 6. The van der Waals surface area contributed by atoms with Gasteiger partial charge in [0.1, 0.15) is 24.0 Å². The van der Waals surface area contributed by atoms with Crippen molar-refractivity contribution in [2.24, 2.45) is 0 Å². The van der Waals surface area contributed by atoms with E-state index in [4.69, 9.17) is 23.7 Å². The van der Waals surface area contributed by atoms with E-state index in [-0.39, 0.29) is 50.4 Å². The first-order valence-electron chi connectivity index (χ1n) is 22.8. The zero-order valence-electron chi connectivity index (χ0n) is 39.1. The van der Waals surface area contributed by atoms with Gasteiger partial charge in [-0.25, -0.2) is 19.2 Å². The van der Waals surface area contributed by atoms with Gasteiger partial charge in [0.2, 0.25) is 18.3 Å². The molecule has 22 heteroatoms. The monoisotopic (exact) mass is 1040 g/mol. The molecule has 0 aliphatic carbocycles. The second-order valence-electron chi connectivity index (χ2n) is 17.5. The second-order valence-corrected chi connectivity index (χ2v) is 17.5. The molecule has 0 saturated heterocycles. The van der Waals surface area contributed by atoms with E-state index >= 15 is 0 Å². The van der Waals surface area contributed by atoms with Gasteiger partial charge >= 0.3 is 35.8 Å². The maximum atomic E-state index is 14.8. The van der Waals surface area contributed by atoms with E-state index in [0.717, 1.165) is 60.7 Å². The van der Waals surface area contributed by atoms with Crippen LogP contribution in [0.3, 0.4) is 0 Å². The maximum absolute atomic E-state index is 14.8. The van der Waals surface area contributed by atoms with Crippen LogP contribution in [0.4, 0.5) is 0 Å². The third-order valence-electron chi connectivity index (χ3n) is 12.5. The van der Waals surface area contributed by atoms with E-state index in [2.05, 4.69) is 0 Å². The van der Waals surface area contributed by atoms with Gasteiger partial charge in [0.25, 0.3) is 0 Å². The van der Waals surface area contributed by atoms with Crippen molar-refractivity contribution in [2.75, 3.05) is 0 Å². The van der Waals surface area contributed by atoms with Crippen LogP contribution in [0, 0.1) is 0 Å². The molecule has 0 amide bonds. The Morgan fingerprint density at radius 2 is 0.908 bits per heavy atom. The highest BCUT2D eigenvalue weighted by molar-refractivity contribution is 5.92. The molecular formula is C54H44O22. The SMILES string of the molecule is O=C(/C=C/c1ccc(O)c2c1[C@H](C(=O)O[C@H](Cc1ccc(O)c3c1[C@H](C(=O)O[C@H](Cc1ccc(O)c(O)c1)C(=O)O)[C@@H](c1ccccc1)O3)C(=O)O)[C@@H](c1ccc(O)c(O)c1)O2)O[C@H](Cc1ccc(O)c(O)c1)C(=O)O. The number of rotatable bonds is 18. The van der Waals surface area contributed by atoms with Crippen LogP contribution in [0.1, 0.15) is 68.6 Å². The fourth-order valence-corrected chi connectivity index (χ4v) is 8.84. The lowest BCUT2D eigenvalue weighted by Gasteiger charge is -2.24. The number of carboxylic acids is 3. The fraction of sp³-hybridized carbons (Fsp3) is 0.185.